The van der Waals surface area contributed by atoms with Crippen molar-refractivity contribution >= 4 is 11.9 Å². The summed E-state index contributed by atoms with van der Waals surface area (Å²) in [5.74, 6) is -0.509. The lowest BCUT2D eigenvalue weighted by Gasteiger charge is -2.08. The highest BCUT2D eigenvalue weighted by molar-refractivity contribution is 5.36. The highest BCUT2D eigenvalue weighted by Gasteiger charge is 2.08. The first-order valence-corrected chi connectivity index (χ1v) is 5.78. The quantitative estimate of drug-likeness (QED) is 0.871. The first kappa shape index (κ1) is 13.9. The van der Waals surface area contributed by atoms with Crippen molar-refractivity contribution in [2.24, 2.45) is 0 Å². The Kier molecular flexibility index (Phi) is 4.24. The molecule has 0 fully saturated rings. The molecule has 8 heteroatoms. The monoisotopic (exact) mass is 281 g/mol. The molecule has 1 aromatic carbocycles. The maximum atomic E-state index is 13.5. The summed E-state index contributed by atoms with van der Waals surface area (Å²) in [6.07, 6.45) is 0. The molecule has 0 saturated heterocycles. The van der Waals surface area contributed by atoms with Crippen LogP contribution in [0.4, 0.5) is 20.7 Å². The van der Waals surface area contributed by atoms with Crippen molar-refractivity contribution in [3.63, 3.8) is 0 Å². The molecule has 1 heterocycles. The Morgan fingerprint density at radius 2 is 1.90 bits per heavy atom. The van der Waals surface area contributed by atoms with E-state index in [1.54, 1.807) is 7.05 Å². The number of rotatable bonds is 5. The number of hydrogen-bond donors (Lipinski definition) is 2. The van der Waals surface area contributed by atoms with E-state index in [-0.39, 0.29) is 24.1 Å². The van der Waals surface area contributed by atoms with E-state index in [1.165, 1.54) is 7.11 Å². The number of benzene rings is 1. The Hall–Kier alpha value is -2.51. The molecule has 0 unspecified atom stereocenters. The smallest absolute Gasteiger partial charge is 0.322 e. The molecule has 0 bridgehead atoms. The van der Waals surface area contributed by atoms with Crippen LogP contribution in [0.15, 0.2) is 18.2 Å². The molecule has 0 aliphatic rings. The minimum Gasteiger partial charge on any atom is -0.467 e. The highest BCUT2D eigenvalue weighted by atomic mass is 19.1. The average molecular weight is 281 g/mol. The summed E-state index contributed by atoms with van der Waals surface area (Å²) in [5.41, 5.74) is 0.176. The molecule has 0 aliphatic heterocycles. The van der Waals surface area contributed by atoms with Gasteiger partial charge in [-0.25, -0.2) is 8.78 Å². The molecule has 2 rings (SSSR count). The van der Waals surface area contributed by atoms with Gasteiger partial charge in [0.25, 0.3) is 0 Å². The van der Waals surface area contributed by atoms with E-state index in [1.807, 2.05) is 0 Å². The van der Waals surface area contributed by atoms with Crippen molar-refractivity contribution in [3.05, 3.63) is 35.4 Å². The molecular weight excluding hydrogens is 268 g/mol. The van der Waals surface area contributed by atoms with Crippen LogP contribution >= 0.6 is 0 Å². The molecule has 0 atom stereocenters. The third kappa shape index (κ3) is 3.28. The van der Waals surface area contributed by atoms with E-state index in [0.29, 0.717) is 5.95 Å². The number of anilines is 2. The van der Waals surface area contributed by atoms with Crippen molar-refractivity contribution in [1.29, 1.82) is 0 Å². The lowest BCUT2D eigenvalue weighted by atomic mass is 10.2. The van der Waals surface area contributed by atoms with Crippen LogP contribution in [-0.2, 0) is 6.54 Å². The third-order valence-corrected chi connectivity index (χ3v) is 2.47. The molecule has 0 aliphatic carbocycles. The molecule has 20 heavy (non-hydrogen) atoms. The molecule has 0 radical (unpaired) electrons. The van der Waals surface area contributed by atoms with Crippen LogP contribution in [0.1, 0.15) is 5.56 Å². The van der Waals surface area contributed by atoms with E-state index in [9.17, 15) is 8.78 Å². The zero-order chi connectivity index (χ0) is 14.5. The van der Waals surface area contributed by atoms with Crippen LogP contribution < -0.4 is 15.4 Å². The van der Waals surface area contributed by atoms with E-state index in [4.69, 9.17) is 4.74 Å². The van der Waals surface area contributed by atoms with Crippen molar-refractivity contribution in [3.8, 4) is 6.01 Å². The lowest BCUT2D eigenvalue weighted by molar-refractivity contribution is 0.379. The maximum absolute atomic E-state index is 13.5. The Morgan fingerprint density at radius 3 is 2.60 bits per heavy atom. The van der Waals surface area contributed by atoms with Crippen LogP contribution in [0.5, 0.6) is 6.01 Å². The molecule has 0 saturated carbocycles. The van der Waals surface area contributed by atoms with E-state index in [0.717, 1.165) is 18.2 Å². The molecule has 0 spiro atoms. The van der Waals surface area contributed by atoms with Gasteiger partial charge in [0, 0.05) is 19.2 Å². The van der Waals surface area contributed by atoms with Gasteiger partial charge in [-0.05, 0) is 18.2 Å². The Morgan fingerprint density at radius 1 is 1.15 bits per heavy atom. The van der Waals surface area contributed by atoms with Crippen LogP contribution in [0.2, 0.25) is 0 Å². The van der Waals surface area contributed by atoms with Gasteiger partial charge in [-0.1, -0.05) is 0 Å². The summed E-state index contributed by atoms with van der Waals surface area (Å²) >= 11 is 0. The Balaban J connectivity index is 2.16. The van der Waals surface area contributed by atoms with Crippen molar-refractivity contribution in [2.75, 3.05) is 24.8 Å². The fourth-order valence-electron chi connectivity index (χ4n) is 1.49. The summed E-state index contributed by atoms with van der Waals surface area (Å²) in [6.45, 7) is 0.0416. The zero-order valence-electron chi connectivity index (χ0n) is 10.9. The molecule has 2 N–H and O–H groups in total. The molecule has 2 aromatic rings. The van der Waals surface area contributed by atoms with Crippen molar-refractivity contribution in [1.82, 2.24) is 15.0 Å². The number of hydrogen-bond acceptors (Lipinski definition) is 6. The molecule has 106 valence electrons. The topological polar surface area (TPSA) is 72.0 Å². The average Bonchev–Trinajstić information content (AvgIpc) is 2.47. The first-order valence-electron chi connectivity index (χ1n) is 5.78. The maximum Gasteiger partial charge on any atom is 0.322 e. The van der Waals surface area contributed by atoms with Gasteiger partial charge in [-0.3, -0.25) is 0 Å². The standard InChI is InChI=1S/C12H13F2N5O/c1-15-10-17-11(19-12(18-10)20-2)16-6-7-5-8(13)3-4-9(7)14/h3-5H,6H2,1-2H3,(H2,15,16,17,18,19). The number of nitrogens with zero attached hydrogens (tertiary/aromatic N) is 3. The van der Waals surface area contributed by atoms with E-state index in [2.05, 4.69) is 25.6 Å². The molecular formula is C12H13F2N5O. The van der Waals surface area contributed by atoms with Gasteiger partial charge in [0.05, 0.1) is 7.11 Å². The minimum atomic E-state index is -0.507. The third-order valence-electron chi connectivity index (χ3n) is 2.47. The van der Waals surface area contributed by atoms with Gasteiger partial charge in [-0.2, -0.15) is 15.0 Å². The molecule has 1 aromatic heterocycles. The number of ether oxygens (including phenoxy) is 1. The number of halogens is 2. The van der Waals surface area contributed by atoms with Crippen molar-refractivity contribution in [2.45, 2.75) is 6.54 Å². The predicted molar refractivity (Wildman–Crippen MR) is 69.6 cm³/mol. The van der Waals surface area contributed by atoms with Gasteiger partial charge in [0.2, 0.25) is 11.9 Å². The summed E-state index contributed by atoms with van der Waals surface area (Å²) in [6, 6.07) is 3.36. The van der Waals surface area contributed by atoms with Crippen LogP contribution in [0.25, 0.3) is 0 Å². The van der Waals surface area contributed by atoms with E-state index < -0.39 is 11.6 Å². The van der Waals surface area contributed by atoms with Gasteiger partial charge in [0.15, 0.2) is 0 Å². The fraction of sp³-hybridized carbons (Fsp3) is 0.250. The Labute approximate surface area is 114 Å². The normalized spacial score (nSPS) is 10.2. The second-order valence-electron chi connectivity index (χ2n) is 3.81. The van der Waals surface area contributed by atoms with Crippen LogP contribution in [0, 0.1) is 11.6 Å². The second kappa shape index (κ2) is 6.09. The number of methoxy groups -OCH3 is 1. The van der Waals surface area contributed by atoms with Gasteiger partial charge in [0.1, 0.15) is 11.6 Å². The number of nitrogens with one attached hydrogen (secondary N) is 2. The highest BCUT2D eigenvalue weighted by Crippen LogP contribution is 2.14. The summed E-state index contributed by atoms with van der Waals surface area (Å²) in [4.78, 5) is 11.9. The van der Waals surface area contributed by atoms with Gasteiger partial charge < -0.3 is 15.4 Å². The zero-order valence-corrected chi connectivity index (χ0v) is 10.9. The van der Waals surface area contributed by atoms with E-state index >= 15 is 0 Å². The summed E-state index contributed by atoms with van der Waals surface area (Å²) < 4.78 is 31.4. The summed E-state index contributed by atoms with van der Waals surface area (Å²) in [5, 5.41) is 5.53. The van der Waals surface area contributed by atoms with Gasteiger partial charge in [-0.15, -0.1) is 0 Å². The SMILES string of the molecule is CNc1nc(NCc2cc(F)ccc2F)nc(OC)n1. The largest absolute Gasteiger partial charge is 0.467 e. The molecule has 0 amide bonds. The second-order valence-corrected chi connectivity index (χ2v) is 3.81. The minimum absolute atomic E-state index is 0.0416. The molecule has 6 nitrogen and oxygen atoms in total. The van der Waals surface area contributed by atoms with Crippen LogP contribution in [0.3, 0.4) is 0 Å². The van der Waals surface area contributed by atoms with Gasteiger partial charge >= 0.3 is 6.01 Å². The predicted octanol–water partition coefficient (Wildman–Crippen LogP) is 1.81. The Bertz CT molecular complexity index is 586. The first-order chi connectivity index (χ1) is 9.62. The van der Waals surface area contributed by atoms with Crippen molar-refractivity contribution < 1.29 is 13.5 Å². The number of aromatic nitrogens is 3. The summed E-state index contributed by atoms with van der Waals surface area (Å²) in [7, 11) is 3.07. The lowest BCUT2D eigenvalue weighted by Crippen LogP contribution is -2.09. The van der Waals surface area contributed by atoms with Crippen LogP contribution in [-0.4, -0.2) is 29.1 Å². The fourth-order valence-corrected chi connectivity index (χ4v) is 1.49.